The highest BCUT2D eigenvalue weighted by atomic mass is 16.3. The summed E-state index contributed by atoms with van der Waals surface area (Å²) in [5, 5.41) is 14.8. The first-order valence-electron chi connectivity index (χ1n) is 8.86. The smallest absolute Gasteiger partial charge is 0.317 e. The topological polar surface area (TPSA) is 81.7 Å². The van der Waals surface area contributed by atoms with Gasteiger partial charge in [0.1, 0.15) is 0 Å². The van der Waals surface area contributed by atoms with Gasteiger partial charge >= 0.3 is 6.03 Å². The van der Waals surface area contributed by atoms with Gasteiger partial charge in [-0.25, -0.2) is 4.79 Å². The molecule has 1 saturated carbocycles. The van der Waals surface area contributed by atoms with Crippen LogP contribution >= 0.6 is 0 Å². The van der Waals surface area contributed by atoms with Crippen LogP contribution in [-0.4, -0.2) is 48.7 Å². The average Bonchev–Trinajstić information content (AvgIpc) is 3.06. The lowest BCUT2D eigenvalue weighted by atomic mass is 9.85. The molecule has 0 aromatic heterocycles. The molecule has 6 heteroatoms. The molecule has 0 saturated heterocycles. The Bertz CT molecular complexity index is 624. The predicted octanol–water partition coefficient (Wildman–Crippen LogP) is 2.44. The fraction of sp³-hybridized carbons (Fsp3) is 0.579. The zero-order valence-corrected chi connectivity index (χ0v) is 15.4. The molecule has 1 aromatic rings. The number of nitrogens with one attached hydrogen (secondary N) is 2. The van der Waals surface area contributed by atoms with Crippen LogP contribution in [0.25, 0.3) is 0 Å². The number of nitrogens with zero attached hydrogens (tertiary/aromatic N) is 1. The van der Waals surface area contributed by atoms with E-state index in [4.69, 9.17) is 5.11 Å². The standard InChI is InChI=1S/C19H29N3O3/c1-14-6-7-16(12-15(14)2)21-17(24)19(8-4-5-9-19)13-20-18(25)22(3)10-11-23/h6-7,12,23H,4-5,8-11,13H2,1-3H3,(H,20,25)(H,21,24). The SMILES string of the molecule is Cc1ccc(NC(=O)C2(CNC(=O)N(C)CCO)CCCC2)cc1C. The highest BCUT2D eigenvalue weighted by molar-refractivity contribution is 5.96. The Morgan fingerprint density at radius 3 is 2.48 bits per heavy atom. The van der Waals surface area contributed by atoms with Crippen molar-refractivity contribution in [2.45, 2.75) is 39.5 Å². The molecule has 0 spiro atoms. The molecule has 138 valence electrons. The van der Waals surface area contributed by atoms with Crippen LogP contribution in [0.4, 0.5) is 10.5 Å². The lowest BCUT2D eigenvalue weighted by Crippen LogP contribution is -2.47. The van der Waals surface area contributed by atoms with Crippen molar-refractivity contribution in [1.82, 2.24) is 10.2 Å². The second-order valence-electron chi connectivity index (χ2n) is 7.04. The number of urea groups is 1. The summed E-state index contributed by atoms with van der Waals surface area (Å²) in [4.78, 5) is 26.4. The minimum Gasteiger partial charge on any atom is -0.395 e. The molecule has 1 aromatic carbocycles. The monoisotopic (exact) mass is 347 g/mol. The van der Waals surface area contributed by atoms with Crippen LogP contribution in [-0.2, 0) is 4.79 Å². The van der Waals surface area contributed by atoms with E-state index >= 15 is 0 Å². The number of hydrogen-bond acceptors (Lipinski definition) is 3. The number of aliphatic hydroxyl groups excluding tert-OH is 1. The molecule has 1 aliphatic carbocycles. The van der Waals surface area contributed by atoms with Crippen LogP contribution in [0.2, 0.25) is 0 Å². The molecule has 3 N–H and O–H groups in total. The molecule has 1 aliphatic rings. The summed E-state index contributed by atoms with van der Waals surface area (Å²) < 4.78 is 0. The number of hydrogen-bond donors (Lipinski definition) is 3. The Morgan fingerprint density at radius 2 is 1.88 bits per heavy atom. The van der Waals surface area contributed by atoms with Crippen LogP contribution in [0.15, 0.2) is 18.2 Å². The van der Waals surface area contributed by atoms with Crippen molar-refractivity contribution < 1.29 is 14.7 Å². The quantitative estimate of drug-likeness (QED) is 0.739. The first kappa shape index (κ1) is 19.2. The number of carbonyl (C=O) groups is 2. The molecule has 1 fully saturated rings. The average molecular weight is 347 g/mol. The third kappa shape index (κ3) is 4.72. The fourth-order valence-electron chi connectivity index (χ4n) is 3.25. The van der Waals surface area contributed by atoms with Crippen molar-refractivity contribution in [2.75, 3.05) is 32.1 Å². The van der Waals surface area contributed by atoms with Gasteiger partial charge < -0.3 is 20.6 Å². The maximum Gasteiger partial charge on any atom is 0.317 e. The van der Waals surface area contributed by atoms with Gasteiger partial charge in [-0.05, 0) is 49.9 Å². The van der Waals surface area contributed by atoms with E-state index in [0.717, 1.165) is 36.9 Å². The van der Waals surface area contributed by atoms with E-state index in [1.54, 1.807) is 7.05 Å². The van der Waals surface area contributed by atoms with E-state index in [2.05, 4.69) is 10.6 Å². The Balaban J connectivity index is 2.04. The van der Waals surface area contributed by atoms with Gasteiger partial charge in [0.05, 0.1) is 12.0 Å². The van der Waals surface area contributed by atoms with Gasteiger partial charge in [-0.1, -0.05) is 18.9 Å². The summed E-state index contributed by atoms with van der Waals surface area (Å²) >= 11 is 0. The summed E-state index contributed by atoms with van der Waals surface area (Å²) in [6.07, 6.45) is 3.52. The Labute approximate surface area is 149 Å². The molecule has 0 atom stereocenters. The lowest BCUT2D eigenvalue weighted by molar-refractivity contribution is -0.125. The molecule has 0 bridgehead atoms. The largest absolute Gasteiger partial charge is 0.395 e. The van der Waals surface area contributed by atoms with Crippen LogP contribution in [0.1, 0.15) is 36.8 Å². The molecule has 6 nitrogen and oxygen atoms in total. The molecule has 0 heterocycles. The molecule has 2 rings (SSSR count). The second-order valence-corrected chi connectivity index (χ2v) is 7.04. The maximum atomic E-state index is 12.9. The van der Waals surface area contributed by atoms with Crippen LogP contribution < -0.4 is 10.6 Å². The molecule has 0 aliphatic heterocycles. The number of benzene rings is 1. The Hall–Kier alpha value is -2.08. The Morgan fingerprint density at radius 1 is 1.20 bits per heavy atom. The lowest BCUT2D eigenvalue weighted by Gasteiger charge is -2.29. The van der Waals surface area contributed by atoms with E-state index in [1.807, 2.05) is 32.0 Å². The molecule has 3 amide bonds. The molecular weight excluding hydrogens is 318 g/mol. The van der Waals surface area contributed by atoms with E-state index in [0.29, 0.717) is 6.54 Å². The summed E-state index contributed by atoms with van der Waals surface area (Å²) in [6.45, 7) is 4.57. The summed E-state index contributed by atoms with van der Waals surface area (Å²) in [5.74, 6) is -0.0293. The van der Waals surface area contributed by atoms with Crippen molar-refractivity contribution in [2.24, 2.45) is 5.41 Å². The van der Waals surface area contributed by atoms with E-state index in [-0.39, 0.29) is 25.1 Å². The second kappa shape index (κ2) is 8.34. The van der Waals surface area contributed by atoms with Crippen LogP contribution in [0.5, 0.6) is 0 Å². The number of aryl methyl sites for hydroxylation is 2. The number of aliphatic hydroxyl groups is 1. The van der Waals surface area contributed by atoms with Crippen molar-refractivity contribution in [3.63, 3.8) is 0 Å². The van der Waals surface area contributed by atoms with Crippen LogP contribution in [0, 0.1) is 19.3 Å². The van der Waals surface area contributed by atoms with Gasteiger partial charge in [-0.3, -0.25) is 4.79 Å². The van der Waals surface area contributed by atoms with Gasteiger partial charge in [0.2, 0.25) is 5.91 Å². The highest BCUT2D eigenvalue weighted by Crippen LogP contribution is 2.38. The van der Waals surface area contributed by atoms with Gasteiger partial charge in [-0.2, -0.15) is 0 Å². The summed E-state index contributed by atoms with van der Waals surface area (Å²) in [6, 6.07) is 5.62. The maximum absolute atomic E-state index is 12.9. The number of carbonyl (C=O) groups excluding carboxylic acids is 2. The van der Waals surface area contributed by atoms with E-state index < -0.39 is 5.41 Å². The number of likely N-dealkylation sites (N-methyl/N-ethyl adjacent to an activating group) is 1. The zero-order valence-electron chi connectivity index (χ0n) is 15.4. The van der Waals surface area contributed by atoms with Gasteiger partial charge in [0, 0.05) is 25.8 Å². The number of rotatable bonds is 6. The van der Waals surface area contributed by atoms with Gasteiger partial charge in [-0.15, -0.1) is 0 Å². The van der Waals surface area contributed by atoms with Gasteiger partial charge in [0.15, 0.2) is 0 Å². The molecule has 0 radical (unpaired) electrons. The fourth-order valence-corrected chi connectivity index (χ4v) is 3.25. The minimum atomic E-state index is -0.561. The number of amides is 3. The first-order valence-corrected chi connectivity index (χ1v) is 8.86. The van der Waals surface area contributed by atoms with Crippen LogP contribution in [0.3, 0.4) is 0 Å². The zero-order chi connectivity index (χ0) is 18.4. The highest BCUT2D eigenvalue weighted by Gasteiger charge is 2.41. The molecule has 0 unspecified atom stereocenters. The first-order chi connectivity index (χ1) is 11.9. The van der Waals surface area contributed by atoms with Crippen molar-refractivity contribution in [3.8, 4) is 0 Å². The minimum absolute atomic E-state index is 0.0293. The normalized spacial score (nSPS) is 15.7. The number of anilines is 1. The third-order valence-electron chi connectivity index (χ3n) is 5.17. The summed E-state index contributed by atoms with van der Waals surface area (Å²) in [5.41, 5.74) is 2.56. The summed E-state index contributed by atoms with van der Waals surface area (Å²) in [7, 11) is 1.63. The van der Waals surface area contributed by atoms with E-state index in [1.165, 1.54) is 10.5 Å². The molecule has 25 heavy (non-hydrogen) atoms. The third-order valence-corrected chi connectivity index (χ3v) is 5.17. The van der Waals surface area contributed by atoms with E-state index in [9.17, 15) is 9.59 Å². The predicted molar refractivity (Wildman–Crippen MR) is 98.6 cm³/mol. The van der Waals surface area contributed by atoms with Crippen molar-refractivity contribution in [3.05, 3.63) is 29.3 Å². The van der Waals surface area contributed by atoms with Crippen molar-refractivity contribution >= 4 is 17.6 Å². The molecular formula is C19H29N3O3. The van der Waals surface area contributed by atoms with Gasteiger partial charge in [0.25, 0.3) is 0 Å². The Kier molecular flexibility index (Phi) is 6.42. The van der Waals surface area contributed by atoms with Crippen molar-refractivity contribution in [1.29, 1.82) is 0 Å².